The van der Waals surface area contributed by atoms with Crippen LogP contribution < -0.4 is 5.32 Å². The van der Waals surface area contributed by atoms with Crippen LogP contribution in [-0.2, 0) is 6.54 Å². The lowest BCUT2D eigenvalue weighted by atomic mass is 10.2. The van der Waals surface area contributed by atoms with Crippen LogP contribution in [0.1, 0.15) is 41.7 Å². The summed E-state index contributed by atoms with van der Waals surface area (Å²) in [6, 6.07) is 3.83. The Morgan fingerprint density at radius 3 is 2.76 bits per heavy atom. The minimum atomic E-state index is -0.115. The Bertz CT molecular complexity index is 670. The first kappa shape index (κ1) is 17.5. The lowest BCUT2D eigenvalue weighted by molar-refractivity contribution is 0.186. The van der Waals surface area contributed by atoms with Crippen molar-refractivity contribution >= 4 is 6.03 Å². The van der Waals surface area contributed by atoms with Gasteiger partial charge < -0.3 is 19.2 Å². The molecule has 7 nitrogen and oxygen atoms in total. The summed E-state index contributed by atoms with van der Waals surface area (Å²) in [6.07, 6.45) is 4.07. The number of rotatable bonds is 6. The number of urea groups is 1. The Balaban J connectivity index is 1.59. The van der Waals surface area contributed by atoms with Gasteiger partial charge in [-0.05, 0) is 51.9 Å². The molecule has 0 spiro atoms. The number of amides is 2. The van der Waals surface area contributed by atoms with E-state index >= 15 is 0 Å². The second kappa shape index (κ2) is 7.74. The van der Waals surface area contributed by atoms with Gasteiger partial charge in [0.1, 0.15) is 11.5 Å². The fourth-order valence-corrected chi connectivity index (χ4v) is 3.30. The van der Waals surface area contributed by atoms with E-state index in [9.17, 15) is 4.79 Å². The molecular formula is C18H26N4O3. The van der Waals surface area contributed by atoms with Crippen molar-refractivity contribution in [2.75, 3.05) is 26.7 Å². The van der Waals surface area contributed by atoms with E-state index in [1.165, 1.54) is 12.8 Å². The lowest BCUT2D eigenvalue weighted by Gasteiger charge is -2.27. The first-order valence-corrected chi connectivity index (χ1v) is 8.74. The van der Waals surface area contributed by atoms with Crippen LogP contribution in [0.25, 0.3) is 0 Å². The van der Waals surface area contributed by atoms with Crippen molar-refractivity contribution in [1.29, 1.82) is 0 Å². The number of nitrogens with zero attached hydrogens (tertiary/aromatic N) is 3. The van der Waals surface area contributed by atoms with Gasteiger partial charge in [0.15, 0.2) is 0 Å². The number of likely N-dealkylation sites (tertiary alicyclic amines) is 1. The Morgan fingerprint density at radius 2 is 2.16 bits per heavy atom. The molecule has 0 radical (unpaired) electrons. The van der Waals surface area contributed by atoms with Gasteiger partial charge in [0, 0.05) is 19.2 Å². The number of carbonyl (C=O) groups is 1. The Kier molecular flexibility index (Phi) is 5.43. The molecular weight excluding hydrogens is 320 g/mol. The molecule has 0 aromatic carbocycles. The van der Waals surface area contributed by atoms with E-state index in [0.717, 1.165) is 35.9 Å². The predicted molar refractivity (Wildman–Crippen MR) is 93.1 cm³/mol. The second-order valence-electron chi connectivity index (χ2n) is 6.62. The second-order valence-corrected chi connectivity index (χ2v) is 6.62. The zero-order chi connectivity index (χ0) is 17.8. The summed E-state index contributed by atoms with van der Waals surface area (Å²) >= 11 is 0. The third-order valence-electron chi connectivity index (χ3n) is 4.82. The molecule has 2 aromatic rings. The number of hydrogen-bond donors (Lipinski definition) is 1. The summed E-state index contributed by atoms with van der Waals surface area (Å²) in [6.45, 7) is 6.83. The van der Waals surface area contributed by atoms with Crippen LogP contribution in [0.4, 0.5) is 4.79 Å². The molecule has 0 unspecified atom stereocenters. The van der Waals surface area contributed by atoms with Crippen molar-refractivity contribution in [2.45, 2.75) is 39.3 Å². The largest absolute Gasteiger partial charge is 0.468 e. The van der Waals surface area contributed by atoms with Crippen LogP contribution in [0.15, 0.2) is 27.3 Å². The molecule has 1 atom stereocenters. The van der Waals surface area contributed by atoms with Gasteiger partial charge in [-0.25, -0.2) is 4.79 Å². The molecule has 3 heterocycles. The zero-order valence-electron chi connectivity index (χ0n) is 15.1. The minimum Gasteiger partial charge on any atom is -0.468 e. The van der Waals surface area contributed by atoms with Gasteiger partial charge >= 0.3 is 6.03 Å². The van der Waals surface area contributed by atoms with Gasteiger partial charge in [0.25, 0.3) is 0 Å². The van der Waals surface area contributed by atoms with Gasteiger partial charge in [-0.15, -0.1) is 0 Å². The number of nitrogens with one attached hydrogen (secondary N) is 1. The monoisotopic (exact) mass is 346 g/mol. The molecule has 2 aromatic heterocycles. The van der Waals surface area contributed by atoms with E-state index in [2.05, 4.69) is 15.4 Å². The summed E-state index contributed by atoms with van der Waals surface area (Å²) in [5.41, 5.74) is 1.78. The summed E-state index contributed by atoms with van der Waals surface area (Å²) in [5.74, 6) is 1.65. The molecule has 0 bridgehead atoms. The van der Waals surface area contributed by atoms with Crippen LogP contribution in [-0.4, -0.2) is 47.7 Å². The van der Waals surface area contributed by atoms with Crippen molar-refractivity contribution in [1.82, 2.24) is 20.3 Å². The maximum atomic E-state index is 12.5. The molecule has 0 saturated carbocycles. The third-order valence-corrected chi connectivity index (χ3v) is 4.82. The third kappa shape index (κ3) is 4.04. The molecule has 136 valence electrons. The van der Waals surface area contributed by atoms with E-state index in [1.54, 1.807) is 18.2 Å². The van der Waals surface area contributed by atoms with Gasteiger partial charge in [-0.2, -0.15) is 0 Å². The van der Waals surface area contributed by atoms with E-state index in [4.69, 9.17) is 8.94 Å². The number of aromatic nitrogens is 1. The van der Waals surface area contributed by atoms with Crippen LogP contribution >= 0.6 is 0 Å². The molecule has 2 amide bonds. The van der Waals surface area contributed by atoms with Crippen LogP contribution in [0, 0.1) is 13.8 Å². The van der Waals surface area contributed by atoms with Crippen LogP contribution in [0.3, 0.4) is 0 Å². The van der Waals surface area contributed by atoms with E-state index in [0.29, 0.717) is 13.1 Å². The SMILES string of the molecule is Cc1noc(C)c1CN(C)C(=O)NC[C@@H](c1ccco1)N1CCCC1. The van der Waals surface area contributed by atoms with Crippen molar-refractivity contribution in [3.8, 4) is 0 Å². The quantitative estimate of drug-likeness (QED) is 0.870. The highest BCUT2D eigenvalue weighted by molar-refractivity contribution is 5.73. The summed E-state index contributed by atoms with van der Waals surface area (Å²) in [7, 11) is 1.78. The zero-order valence-corrected chi connectivity index (χ0v) is 15.1. The van der Waals surface area contributed by atoms with E-state index < -0.39 is 0 Å². The smallest absolute Gasteiger partial charge is 0.317 e. The van der Waals surface area contributed by atoms with Gasteiger partial charge in [0.05, 0.1) is 24.5 Å². The molecule has 3 rings (SSSR count). The number of hydrogen-bond acceptors (Lipinski definition) is 5. The van der Waals surface area contributed by atoms with Crippen LogP contribution in [0.2, 0.25) is 0 Å². The predicted octanol–water partition coefficient (Wildman–Crippen LogP) is 2.86. The molecule has 1 aliphatic rings. The highest BCUT2D eigenvalue weighted by Crippen LogP contribution is 2.25. The van der Waals surface area contributed by atoms with Crippen molar-refractivity contribution < 1.29 is 13.7 Å². The van der Waals surface area contributed by atoms with Gasteiger partial charge in [-0.3, -0.25) is 4.90 Å². The fraction of sp³-hybridized carbons (Fsp3) is 0.556. The van der Waals surface area contributed by atoms with Crippen LogP contribution in [0.5, 0.6) is 0 Å². The Labute approximate surface area is 147 Å². The van der Waals surface area contributed by atoms with Gasteiger partial charge in [0.2, 0.25) is 0 Å². The average Bonchev–Trinajstić information content (AvgIpc) is 3.35. The Hall–Kier alpha value is -2.28. The summed E-state index contributed by atoms with van der Waals surface area (Å²) < 4.78 is 10.8. The maximum absolute atomic E-state index is 12.5. The summed E-state index contributed by atoms with van der Waals surface area (Å²) in [5, 5.41) is 6.97. The molecule has 0 aliphatic carbocycles. The molecule has 1 aliphatic heterocycles. The lowest BCUT2D eigenvalue weighted by Crippen LogP contribution is -2.42. The number of aryl methyl sites for hydroxylation is 2. The van der Waals surface area contributed by atoms with Crippen molar-refractivity contribution in [2.24, 2.45) is 0 Å². The van der Waals surface area contributed by atoms with Crippen molar-refractivity contribution in [3.63, 3.8) is 0 Å². The number of furan rings is 1. The molecule has 1 N–H and O–H groups in total. The standard InChI is InChI=1S/C18H26N4O3/c1-13-15(14(2)25-20-13)12-21(3)18(23)19-11-16(17-7-6-10-24-17)22-8-4-5-9-22/h6-7,10,16H,4-5,8-9,11-12H2,1-3H3,(H,19,23)/t16-/m0/s1. The van der Waals surface area contributed by atoms with Crippen molar-refractivity contribution in [3.05, 3.63) is 41.2 Å². The molecule has 1 fully saturated rings. The van der Waals surface area contributed by atoms with E-state index in [1.807, 2.05) is 26.0 Å². The highest BCUT2D eigenvalue weighted by Gasteiger charge is 2.26. The summed E-state index contributed by atoms with van der Waals surface area (Å²) in [4.78, 5) is 16.5. The molecule has 1 saturated heterocycles. The Morgan fingerprint density at radius 1 is 1.40 bits per heavy atom. The van der Waals surface area contributed by atoms with E-state index in [-0.39, 0.29) is 12.1 Å². The first-order valence-electron chi connectivity index (χ1n) is 8.74. The normalized spacial score (nSPS) is 16.1. The molecule has 25 heavy (non-hydrogen) atoms. The first-order chi connectivity index (χ1) is 12.1. The average molecular weight is 346 g/mol. The minimum absolute atomic E-state index is 0.0777. The topological polar surface area (TPSA) is 74.8 Å². The molecule has 7 heteroatoms. The van der Waals surface area contributed by atoms with Gasteiger partial charge in [-0.1, -0.05) is 5.16 Å². The fourth-order valence-electron chi connectivity index (χ4n) is 3.30. The highest BCUT2D eigenvalue weighted by atomic mass is 16.5. The maximum Gasteiger partial charge on any atom is 0.317 e. The number of carbonyl (C=O) groups excluding carboxylic acids is 1.